The molecule has 0 spiro atoms. The van der Waals surface area contributed by atoms with E-state index < -0.39 is 0 Å². The van der Waals surface area contributed by atoms with Gasteiger partial charge in [0.2, 0.25) is 0 Å². The first kappa shape index (κ1) is 12.5. The molecule has 0 aromatic rings. The molecule has 0 amide bonds. The Balaban J connectivity index is 0. The molecule has 0 rings (SSSR count). The van der Waals surface area contributed by atoms with Crippen LogP contribution in [0.4, 0.5) is 0 Å². The molecule has 1 unspecified atom stereocenters. The van der Waals surface area contributed by atoms with Crippen molar-refractivity contribution in [3.63, 3.8) is 0 Å². The first-order valence-corrected chi connectivity index (χ1v) is 3.54. The molecule has 8 N–H and O–H groups in total. The van der Waals surface area contributed by atoms with Crippen LogP contribution in [0.1, 0.15) is 13.3 Å². The molecule has 4 nitrogen and oxygen atoms in total. The van der Waals surface area contributed by atoms with Crippen LogP contribution in [0.25, 0.3) is 0 Å². The highest BCUT2D eigenvalue weighted by Crippen LogP contribution is 1.59. The standard InChI is InChI=1S/2C3H10N2/c1-3(5)2-4;4-2-1-3-5/h3H,2,4-5H2,1H3;1-5H2. The fourth-order valence-corrected chi connectivity index (χ4v) is 0.118. The van der Waals surface area contributed by atoms with E-state index in [0.717, 1.165) is 19.5 Å². The Labute approximate surface area is 62.9 Å². The summed E-state index contributed by atoms with van der Waals surface area (Å²) in [5.41, 5.74) is 20.3. The van der Waals surface area contributed by atoms with Crippen molar-refractivity contribution >= 4 is 0 Å². The fourth-order valence-electron chi connectivity index (χ4n) is 0.118. The van der Waals surface area contributed by atoms with E-state index in [4.69, 9.17) is 22.9 Å². The molecule has 10 heavy (non-hydrogen) atoms. The topological polar surface area (TPSA) is 104 Å². The van der Waals surface area contributed by atoms with Crippen LogP contribution in [-0.2, 0) is 0 Å². The third-order valence-electron chi connectivity index (χ3n) is 0.780. The SMILES string of the molecule is CC(N)CN.NCCCN. The van der Waals surface area contributed by atoms with Gasteiger partial charge >= 0.3 is 0 Å². The Morgan fingerprint density at radius 2 is 1.40 bits per heavy atom. The van der Waals surface area contributed by atoms with Crippen LogP contribution < -0.4 is 22.9 Å². The van der Waals surface area contributed by atoms with E-state index in [1.54, 1.807) is 0 Å². The molecule has 1 atom stereocenters. The average Bonchev–Trinajstić information content (AvgIpc) is 1.91. The van der Waals surface area contributed by atoms with Gasteiger partial charge in [-0.3, -0.25) is 0 Å². The van der Waals surface area contributed by atoms with Gasteiger partial charge in [-0.2, -0.15) is 0 Å². The quantitative estimate of drug-likeness (QED) is 0.394. The number of rotatable bonds is 3. The van der Waals surface area contributed by atoms with E-state index in [0.29, 0.717) is 6.54 Å². The maximum Gasteiger partial charge on any atom is 0.0134 e. The summed E-state index contributed by atoms with van der Waals surface area (Å²) < 4.78 is 0. The van der Waals surface area contributed by atoms with Gasteiger partial charge in [0.1, 0.15) is 0 Å². The van der Waals surface area contributed by atoms with Crippen molar-refractivity contribution in [1.29, 1.82) is 0 Å². The maximum atomic E-state index is 5.17. The first-order chi connectivity index (χ1) is 4.68. The first-order valence-electron chi connectivity index (χ1n) is 3.54. The molecule has 0 saturated carbocycles. The van der Waals surface area contributed by atoms with E-state index in [2.05, 4.69) is 0 Å². The molecular formula is C6H20N4. The van der Waals surface area contributed by atoms with Gasteiger partial charge < -0.3 is 22.9 Å². The molecule has 4 heteroatoms. The summed E-state index contributed by atoms with van der Waals surface area (Å²) in [6.45, 7) is 3.90. The normalized spacial score (nSPS) is 11.7. The summed E-state index contributed by atoms with van der Waals surface area (Å²) in [4.78, 5) is 0. The highest BCUT2D eigenvalue weighted by Gasteiger charge is 1.79. The Hall–Kier alpha value is -0.160. The van der Waals surface area contributed by atoms with E-state index >= 15 is 0 Å². The third-order valence-corrected chi connectivity index (χ3v) is 0.780. The lowest BCUT2D eigenvalue weighted by Gasteiger charge is -1.92. The van der Waals surface area contributed by atoms with E-state index in [1.807, 2.05) is 6.92 Å². The highest BCUT2D eigenvalue weighted by molar-refractivity contribution is 4.48. The van der Waals surface area contributed by atoms with Crippen LogP contribution in [-0.4, -0.2) is 25.7 Å². The van der Waals surface area contributed by atoms with Gasteiger partial charge in [0, 0.05) is 12.6 Å². The monoisotopic (exact) mass is 148 g/mol. The predicted molar refractivity (Wildman–Crippen MR) is 45.4 cm³/mol. The molecule has 0 aliphatic carbocycles. The minimum absolute atomic E-state index is 0.162. The van der Waals surface area contributed by atoms with Gasteiger partial charge in [0.05, 0.1) is 0 Å². The molecular weight excluding hydrogens is 128 g/mol. The van der Waals surface area contributed by atoms with Gasteiger partial charge in [0.15, 0.2) is 0 Å². The van der Waals surface area contributed by atoms with E-state index in [1.165, 1.54) is 0 Å². The molecule has 0 aromatic heterocycles. The molecule has 0 bridgehead atoms. The second kappa shape index (κ2) is 11.6. The summed E-state index contributed by atoms with van der Waals surface area (Å²) in [5, 5.41) is 0. The lowest BCUT2D eigenvalue weighted by molar-refractivity contribution is 0.752. The van der Waals surface area contributed by atoms with Gasteiger partial charge in [0.25, 0.3) is 0 Å². The zero-order valence-electron chi connectivity index (χ0n) is 6.72. The van der Waals surface area contributed by atoms with Crippen molar-refractivity contribution in [3.8, 4) is 0 Å². The molecule has 0 heterocycles. The fraction of sp³-hybridized carbons (Fsp3) is 1.00. The highest BCUT2D eigenvalue weighted by atomic mass is 14.7. The molecule has 0 saturated heterocycles. The Kier molecular flexibility index (Phi) is 14.5. The van der Waals surface area contributed by atoms with Crippen molar-refractivity contribution in [2.45, 2.75) is 19.4 Å². The van der Waals surface area contributed by atoms with Crippen molar-refractivity contribution in [3.05, 3.63) is 0 Å². The molecule has 0 aliphatic rings. The number of hydrogen-bond acceptors (Lipinski definition) is 4. The molecule has 0 fully saturated rings. The molecule has 0 radical (unpaired) electrons. The minimum Gasteiger partial charge on any atom is -0.330 e. The van der Waals surface area contributed by atoms with Crippen LogP contribution in [0.2, 0.25) is 0 Å². The molecule has 0 aliphatic heterocycles. The van der Waals surface area contributed by atoms with Crippen molar-refractivity contribution in [2.75, 3.05) is 19.6 Å². The zero-order valence-corrected chi connectivity index (χ0v) is 6.72. The summed E-state index contributed by atoms with van der Waals surface area (Å²) in [6, 6.07) is 0.162. The van der Waals surface area contributed by atoms with Crippen LogP contribution in [0.5, 0.6) is 0 Å². The van der Waals surface area contributed by atoms with E-state index in [9.17, 15) is 0 Å². The Bertz CT molecular complexity index is 45.0. The van der Waals surface area contributed by atoms with Gasteiger partial charge in [-0.1, -0.05) is 0 Å². The van der Waals surface area contributed by atoms with E-state index in [-0.39, 0.29) is 6.04 Å². The van der Waals surface area contributed by atoms with Gasteiger partial charge in [-0.15, -0.1) is 0 Å². The summed E-state index contributed by atoms with van der Waals surface area (Å²) in [5.74, 6) is 0. The maximum absolute atomic E-state index is 5.17. The minimum atomic E-state index is 0.162. The van der Waals surface area contributed by atoms with Crippen LogP contribution in [0.15, 0.2) is 0 Å². The Morgan fingerprint density at radius 1 is 1.10 bits per heavy atom. The van der Waals surface area contributed by atoms with Crippen LogP contribution in [0, 0.1) is 0 Å². The Morgan fingerprint density at radius 3 is 1.40 bits per heavy atom. The van der Waals surface area contributed by atoms with Gasteiger partial charge in [-0.05, 0) is 26.4 Å². The second-order valence-electron chi connectivity index (χ2n) is 2.14. The van der Waals surface area contributed by atoms with Crippen LogP contribution >= 0.6 is 0 Å². The summed E-state index contributed by atoms with van der Waals surface area (Å²) in [6.07, 6.45) is 0.944. The summed E-state index contributed by atoms with van der Waals surface area (Å²) >= 11 is 0. The second-order valence-corrected chi connectivity index (χ2v) is 2.14. The number of hydrogen-bond donors (Lipinski definition) is 4. The van der Waals surface area contributed by atoms with Gasteiger partial charge in [-0.25, -0.2) is 0 Å². The van der Waals surface area contributed by atoms with Crippen molar-refractivity contribution in [2.24, 2.45) is 22.9 Å². The van der Waals surface area contributed by atoms with Crippen molar-refractivity contribution < 1.29 is 0 Å². The molecule has 0 aromatic carbocycles. The lowest BCUT2D eigenvalue weighted by atomic mass is 10.4. The van der Waals surface area contributed by atoms with Crippen LogP contribution in [0.3, 0.4) is 0 Å². The summed E-state index contributed by atoms with van der Waals surface area (Å²) in [7, 11) is 0. The number of nitrogens with two attached hydrogens (primary N) is 4. The largest absolute Gasteiger partial charge is 0.330 e. The predicted octanol–water partition coefficient (Wildman–Crippen LogP) is -1.41. The lowest BCUT2D eigenvalue weighted by Crippen LogP contribution is -2.25. The smallest absolute Gasteiger partial charge is 0.0134 e. The zero-order chi connectivity index (χ0) is 8.41. The van der Waals surface area contributed by atoms with Crippen molar-refractivity contribution in [1.82, 2.24) is 0 Å². The third kappa shape index (κ3) is 24.9. The average molecular weight is 148 g/mol. The molecule has 64 valence electrons.